The van der Waals surface area contributed by atoms with Crippen molar-refractivity contribution in [3.05, 3.63) is 102 Å². The number of aromatic nitrogens is 2. The number of allylic oxidation sites excluding steroid dienone is 1. The molecule has 1 saturated heterocycles. The normalized spacial score (nSPS) is 15.8. The van der Waals surface area contributed by atoms with E-state index in [0.717, 1.165) is 36.1 Å². The summed E-state index contributed by atoms with van der Waals surface area (Å²) in [4.78, 5) is 49.6. The molecule has 1 aromatic heterocycles. The Bertz CT molecular complexity index is 2260. The third kappa shape index (κ3) is 10.7. The van der Waals surface area contributed by atoms with E-state index in [0.29, 0.717) is 72.4 Å². The first-order valence-corrected chi connectivity index (χ1v) is 20.6. The highest BCUT2D eigenvalue weighted by Gasteiger charge is 2.38. The average molecular weight is 795 g/mol. The number of amides is 3. The fourth-order valence-electron chi connectivity index (χ4n) is 6.68. The van der Waals surface area contributed by atoms with Crippen LogP contribution in [0.5, 0.6) is 5.75 Å². The standard InChI is InChI=1S/C42H50N8O6S/c1-27-25-43-41(48-38(27)45-30-13-10-14-32(24-30)57(54,55)49-42(3,4)5)46-29-19-21-31(22-20-29)56-23-8-6-7-18-37(51)47-35-16-11-15-33-34(35)26-50(40(33)53)36-17-9-12-28(2)44-39(36)52/h10-11,13-16,19-22,24-25,36,49H,2,6-9,12,17-18,23,26H2,1,3-5H3,(H,44,52)(H,47,51)(H2,43,45,46,48)/t36-/m0/s1. The smallest absolute Gasteiger partial charge is 0.255 e. The second-order valence-electron chi connectivity index (χ2n) is 15.4. The number of ether oxygens (including phenoxy) is 1. The minimum Gasteiger partial charge on any atom is -0.494 e. The molecule has 1 fully saturated rings. The first-order valence-electron chi connectivity index (χ1n) is 19.1. The van der Waals surface area contributed by atoms with Crippen LogP contribution in [0, 0.1) is 6.92 Å². The Morgan fingerprint density at radius 3 is 2.54 bits per heavy atom. The van der Waals surface area contributed by atoms with Crippen LogP contribution in [0.1, 0.15) is 87.2 Å². The quantitative estimate of drug-likeness (QED) is 0.0781. The highest BCUT2D eigenvalue weighted by atomic mass is 32.2. The van der Waals surface area contributed by atoms with E-state index < -0.39 is 21.6 Å². The Hall–Kier alpha value is -5.80. The molecule has 4 aromatic rings. The van der Waals surface area contributed by atoms with Crippen molar-refractivity contribution in [3.63, 3.8) is 0 Å². The zero-order chi connectivity index (χ0) is 40.7. The van der Waals surface area contributed by atoms with Crippen LogP contribution in [0.4, 0.5) is 28.8 Å². The van der Waals surface area contributed by atoms with Gasteiger partial charge in [0.05, 0.1) is 11.5 Å². The molecular weight excluding hydrogens is 745 g/mol. The second kappa shape index (κ2) is 17.6. The maximum absolute atomic E-state index is 13.2. The van der Waals surface area contributed by atoms with E-state index in [-0.39, 0.29) is 29.2 Å². The van der Waals surface area contributed by atoms with Gasteiger partial charge < -0.3 is 30.9 Å². The topological polar surface area (TPSA) is 184 Å². The molecule has 6 rings (SSSR count). The van der Waals surface area contributed by atoms with E-state index in [1.165, 1.54) is 0 Å². The number of anilines is 5. The Kier molecular flexibility index (Phi) is 12.6. The number of aryl methyl sites for hydroxylation is 1. The number of sulfonamides is 1. The van der Waals surface area contributed by atoms with Gasteiger partial charge in [0.2, 0.25) is 27.8 Å². The molecule has 5 N–H and O–H groups in total. The molecule has 0 unspecified atom stereocenters. The van der Waals surface area contributed by atoms with Crippen molar-refractivity contribution in [1.82, 2.24) is 24.9 Å². The molecule has 15 heteroatoms. The summed E-state index contributed by atoms with van der Waals surface area (Å²) < 4.78 is 34.3. The van der Waals surface area contributed by atoms with Crippen LogP contribution < -0.4 is 30.7 Å². The lowest BCUT2D eigenvalue weighted by atomic mass is 10.1. The van der Waals surface area contributed by atoms with Gasteiger partial charge in [0.1, 0.15) is 17.6 Å². The van der Waals surface area contributed by atoms with Crippen LogP contribution >= 0.6 is 0 Å². The number of hydrogen-bond donors (Lipinski definition) is 5. The molecule has 3 heterocycles. The number of nitrogens with zero attached hydrogens (tertiary/aromatic N) is 3. The van der Waals surface area contributed by atoms with Crippen LogP contribution in [0.2, 0.25) is 0 Å². The van der Waals surface area contributed by atoms with Gasteiger partial charge in [-0.1, -0.05) is 18.7 Å². The SMILES string of the molecule is C=C1CCC[C@H](N2Cc3c(NC(=O)CCCCCOc4ccc(Nc5ncc(C)c(Nc6cccc(S(=O)(=O)NC(C)(C)C)c6)n5)cc4)cccc3C2=O)C(=O)N1. The van der Waals surface area contributed by atoms with Crippen LogP contribution in [0.25, 0.3) is 0 Å². The molecule has 3 amide bonds. The Labute approximate surface area is 334 Å². The molecule has 300 valence electrons. The monoisotopic (exact) mass is 794 g/mol. The number of benzene rings is 3. The highest BCUT2D eigenvalue weighted by Crippen LogP contribution is 2.33. The third-order valence-electron chi connectivity index (χ3n) is 9.45. The van der Waals surface area contributed by atoms with E-state index in [2.05, 4.69) is 42.5 Å². The van der Waals surface area contributed by atoms with E-state index in [1.807, 2.05) is 31.2 Å². The second-order valence-corrected chi connectivity index (χ2v) is 17.0. The molecule has 0 bridgehead atoms. The van der Waals surface area contributed by atoms with Gasteiger partial charge >= 0.3 is 0 Å². The first-order chi connectivity index (χ1) is 27.1. The number of fused-ring (bicyclic) bond motifs is 1. The molecular formula is C42H50N8O6S. The average Bonchev–Trinajstić information content (AvgIpc) is 3.38. The van der Waals surface area contributed by atoms with E-state index in [1.54, 1.807) is 74.3 Å². The molecule has 0 aliphatic carbocycles. The molecule has 2 aliphatic heterocycles. The summed E-state index contributed by atoms with van der Waals surface area (Å²) in [5.41, 5.74) is 4.01. The lowest BCUT2D eigenvalue weighted by Crippen LogP contribution is -2.45. The van der Waals surface area contributed by atoms with Gasteiger partial charge in [0, 0.05) is 64.2 Å². The van der Waals surface area contributed by atoms with Gasteiger partial charge in [-0.25, -0.2) is 18.1 Å². The Morgan fingerprint density at radius 2 is 1.77 bits per heavy atom. The highest BCUT2D eigenvalue weighted by molar-refractivity contribution is 7.89. The Balaban J connectivity index is 0.930. The molecule has 57 heavy (non-hydrogen) atoms. The molecule has 0 saturated carbocycles. The summed E-state index contributed by atoms with van der Waals surface area (Å²) in [5, 5.41) is 12.2. The van der Waals surface area contributed by atoms with Crippen molar-refractivity contribution in [2.45, 2.75) is 95.7 Å². The minimum atomic E-state index is -3.71. The number of unbranched alkanes of at least 4 members (excludes halogenated alkanes) is 2. The van der Waals surface area contributed by atoms with Crippen LogP contribution in [-0.2, 0) is 26.2 Å². The van der Waals surface area contributed by atoms with E-state index in [9.17, 15) is 22.8 Å². The third-order valence-corrected chi connectivity index (χ3v) is 11.2. The fourth-order valence-corrected chi connectivity index (χ4v) is 8.14. The van der Waals surface area contributed by atoms with Gasteiger partial charge in [-0.2, -0.15) is 4.98 Å². The van der Waals surface area contributed by atoms with Gasteiger partial charge in [0.25, 0.3) is 5.91 Å². The minimum absolute atomic E-state index is 0.129. The molecule has 2 aliphatic rings. The molecule has 1 atom stereocenters. The lowest BCUT2D eigenvalue weighted by molar-refractivity contribution is -0.125. The molecule has 0 spiro atoms. The molecule has 3 aromatic carbocycles. The van der Waals surface area contributed by atoms with Gasteiger partial charge in [-0.3, -0.25) is 14.4 Å². The predicted molar refractivity (Wildman–Crippen MR) is 220 cm³/mol. The van der Waals surface area contributed by atoms with Crippen molar-refractivity contribution in [1.29, 1.82) is 0 Å². The van der Waals surface area contributed by atoms with Gasteiger partial charge in [0.15, 0.2) is 0 Å². The number of hydrogen-bond acceptors (Lipinski definition) is 10. The first kappa shape index (κ1) is 40.9. The van der Waals surface area contributed by atoms with E-state index in [4.69, 9.17) is 4.74 Å². The van der Waals surface area contributed by atoms with E-state index >= 15 is 0 Å². The summed E-state index contributed by atoms with van der Waals surface area (Å²) in [5.74, 6) is 1.05. The zero-order valence-electron chi connectivity index (χ0n) is 32.8. The maximum atomic E-state index is 13.2. The zero-order valence-corrected chi connectivity index (χ0v) is 33.6. The number of nitrogens with one attached hydrogen (secondary N) is 5. The van der Waals surface area contributed by atoms with Crippen LogP contribution in [0.15, 0.2) is 90.1 Å². The summed E-state index contributed by atoms with van der Waals surface area (Å²) in [7, 11) is -3.71. The Morgan fingerprint density at radius 1 is 1.00 bits per heavy atom. The van der Waals surface area contributed by atoms with Crippen molar-refractivity contribution >= 4 is 56.6 Å². The summed E-state index contributed by atoms with van der Waals surface area (Å²) in [6.07, 6.45) is 6.27. The molecule has 14 nitrogen and oxygen atoms in total. The predicted octanol–water partition coefficient (Wildman–Crippen LogP) is 7.07. The summed E-state index contributed by atoms with van der Waals surface area (Å²) in [6, 6.07) is 18.7. The summed E-state index contributed by atoms with van der Waals surface area (Å²) >= 11 is 0. The van der Waals surface area contributed by atoms with Crippen LogP contribution in [-0.4, -0.2) is 59.2 Å². The van der Waals surface area contributed by atoms with Crippen molar-refractivity contribution < 1.29 is 27.5 Å². The fraction of sp³-hybridized carbons (Fsp3) is 0.357. The number of rotatable bonds is 15. The van der Waals surface area contributed by atoms with Crippen molar-refractivity contribution in [2.24, 2.45) is 0 Å². The van der Waals surface area contributed by atoms with Crippen LogP contribution in [0.3, 0.4) is 0 Å². The lowest BCUT2D eigenvalue weighted by Gasteiger charge is -2.25. The molecule has 0 radical (unpaired) electrons. The van der Waals surface area contributed by atoms with Crippen molar-refractivity contribution in [2.75, 3.05) is 22.6 Å². The number of carbonyl (C=O) groups is 3. The van der Waals surface area contributed by atoms with Gasteiger partial charge in [-0.05, 0) is 121 Å². The largest absolute Gasteiger partial charge is 0.494 e. The van der Waals surface area contributed by atoms with Crippen molar-refractivity contribution in [3.8, 4) is 5.75 Å². The summed E-state index contributed by atoms with van der Waals surface area (Å²) in [6.45, 7) is 11.9. The number of carbonyl (C=O) groups excluding carboxylic acids is 3. The van der Waals surface area contributed by atoms with Gasteiger partial charge in [-0.15, -0.1) is 0 Å². The maximum Gasteiger partial charge on any atom is 0.255 e.